The number of likely N-dealkylation sites (tertiary alicyclic amines) is 1. The molecule has 0 aromatic heterocycles. The molecule has 2 atom stereocenters. The highest BCUT2D eigenvalue weighted by Gasteiger charge is 2.25. The van der Waals surface area contributed by atoms with E-state index in [0.29, 0.717) is 12.0 Å². The van der Waals surface area contributed by atoms with Crippen LogP contribution < -0.4 is 5.73 Å². The number of hydrogen-bond donors (Lipinski definition) is 1. The van der Waals surface area contributed by atoms with Crippen LogP contribution in [0.1, 0.15) is 32.6 Å². The van der Waals surface area contributed by atoms with E-state index < -0.39 is 0 Å². The van der Waals surface area contributed by atoms with E-state index in [1.54, 1.807) is 0 Å². The minimum absolute atomic E-state index is 0.406. The van der Waals surface area contributed by atoms with Crippen molar-refractivity contribution in [2.45, 2.75) is 38.6 Å². The lowest BCUT2D eigenvalue weighted by atomic mass is 10.1. The Morgan fingerprint density at radius 2 is 2.14 bits per heavy atom. The zero-order valence-corrected chi connectivity index (χ0v) is 9.41. The Hall–Kier alpha value is -0.340. The summed E-state index contributed by atoms with van der Waals surface area (Å²) in [6, 6.07) is 0.406. The zero-order valence-electron chi connectivity index (χ0n) is 9.41. The minimum atomic E-state index is 0.406. The predicted molar refractivity (Wildman–Crippen MR) is 62.2 cm³/mol. The summed E-state index contributed by atoms with van der Waals surface area (Å²) in [5, 5.41) is 0. The van der Waals surface area contributed by atoms with E-state index in [1.165, 1.54) is 32.4 Å². The summed E-state index contributed by atoms with van der Waals surface area (Å²) in [6.07, 6.45) is 7.10. The highest BCUT2D eigenvalue weighted by molar-refractivity contribution is 4.83. The number of rotatable bonds is 6. The van der Waals surface area contributed by atoms with Crippen LogP contribution in [0.25, 0.3) is 0 Å². The van der Waals surface area contributed by atoms with E-state index in [4.69, 9.17) is 5.73 Å². The molecule has 0 amide bonds. The fraction of sp³-hybridized carbons (Fsp3) is 0.833. The molecule has 0 radical (unpaired) electrons. The Balaban J connectivity index is 2.00. The molecule has 1 aliphatic heterocycles. The van der Waals surface area contributed by atoms with E-state index in [-0.39, 0.29) is 0 Å². The molecular formula is C12H24N2. The molecule has 1 saturated heterocycles. The van der Waals surface area contributed by atoms with Crippen LogP contribution in [0.5, 0.6) is 0 Å². The van der Waals surface area contributed by atoms with Crippen molar-refractivity contribution in [2.24, 2.45) is 11.7 Å². The van der Waals surface area contributed by atoms with Gasteiger partial charge in [0.1, 0.15) is 0 Å². The van der Waals surface area contributed by atoms with Gasteiger partial charge in [-0.05, 0) is 31.7 Å². The zero-order chi connectivity index (χ0) is 10.4. The maximum Gasteiger partial charge on any atom is 0.0206 e. The predicted octanol–water partition coefficient (Wildman–Crippen LogP) is 2.01. The Morgan fingerprint density at radius 3 is 2.71 bits per heavy atom. The molecule has 0 aromatic rings. The molecule has 0 bridgehead atoms. The van der Waals surface area contributed by atoms with Crippen LogP contribution in [-0.2, 0) is 0 Å². The van der Waals surface area contributed by atoms with Crippen LogP contribution in [0.4, 0.5) is 0 Å². The summed E-state index contributed by atoms with van der Waals surface area (Å²) < 4.78 is 0. The third-order valence-corrected chi connectivity index (χ3v) is 3.13. The van der Waals surface area contributed by atoms with Crippen molar-refractivity contribution in [3.63, 3.8) is 0 Å². The Labute approximate surface area is 88.2 Å². The van der Waals surface area contributed by atoms with Crippen molar-refractivity contribution in [1.82, 2.24) is 4.90 Å². The lowest BCUT2D eigenvalue weighted by molar-refractivity contribution is 0.317. The molecule has 2 heteroatoms. The first kappa shape index (κ1) is 11.7. The van der Waals surface area contributed by atoms with Crippen molar-refractivity contribution in [3.8, 4) is 0 Å². The average Bonchev–Trinajstić information content (AvgIpc) is 2.46. The molecule has 2 unspecified atom stereocenters. The van der Waals surface area contributed by atoms with Gasteiger partial charge in [0.15, 0.2) is 0 Å². The van der Waals surface area contributed by atoms with Gasteiger partial charge in [0.2, 0.25) is 0 Å². The molecule has 1 aliphatic rings. The van der Waals surface area contributed by atoms with Crippen LogP contribution in [-0.4, -0.2) is 30.6 Å². The number of nitrogens with two attached hydrogens (primary N) is 1. The topological polar surface area (TPSA) is 29.3 Å². The van der Waals surface area contributed by atoms with E-state index in [0.717, 1.165) is 13.0 Å². The number of nitrogens with zero attached hydrogens (tertiary/aromatic N) is 1. The van der Waals surface area contributed by atoms with E-state index >= 15 is 0 Å². The van der Waals surface area contributed by atoms with Crippen molar-refractivity contribution in [2.75, 3.05) is 19.6 Å². The quantitative estimate of drug-likeness (QED) is 0.520. The van der Waals surface area contributed by atoms with Crippen molar-refractivity contribution < 1.29 is 0 Å². The van der Waals surface area contributed by atoms with Gasteiger partial charge < -0.3 is 10.6 Å². The summed E-state index contributed by atoms with van der Waals surface area (Å²) in [7, 11) is 0. The Bertz CT molecular complexity index is 158. The molecule has 0 aromatic carbocycles. The summed E-state index contributed by atoms with van der Waals surface area (Å²) in [4.78, 5) is 2.50. The number of unbranched alkanes of at least 4 members (excludes halogenated alkanes) is 3. The first-order valence-electron chi connectivity index (χ1n) is 5.83. The maximum absolute atomic E-state index is 5.97. The van der Waals surface area contributed by atoms with Crippen LogP contribution >= 0.6 is 0 Å². The second-order valence-electron chi connectivity index (χ2n) is 4.54. The van der Waals surface area contributed by atoms with E-state index in [9.17, 15) is 0 Å². The Morgan fingerprint density at radius 1 is 1.36 bits per heavy atom. The number of hydrogen-bond acceptors (Lipinski definition) is 2. The first-order valence-corrected chi connectivity index (χ1v) is 5.83. The van der Waals surface area contributed by atoms with Crippen molar-refractivity contribution >= 4 is 0 Å². The van der Waals surface area contributed by atoms with Crippen LogP contribution in [0.2, 0.25) is 0 Å². The second-order valence-corrected chi connectivity index (χ2v) is 4.54. The fourth-order valence-electron chi connectivity index (χ4n) is 2.08. The lowest BCUT2D eigenvalue weighted by Crippen LogP contribution is -2.28. The van der Waals surface area contributed by atoms with Gasteiger partial charge in [0, 0.05) is 19.1 Å². The summed E-state index contributed by atoms with van der Waals surface area (Å²) >= 11 is 0. The van der Waals surface area contributed by atoms with Gasteiger partial charge in [-0.15, -0.1) is 6.58 Å². The largest absolute Gasteiger partial charge is 0.326 e. The monoisotopic (exact) mass is 196 g/mol. The summed E-state index contributed by atoms with van der Waals surface area (Å²) in [6.45, 7) is 9.51. The van der Waals surface area contributed by atoms with Crippen molar-refractivity contribution in [3.05, 3.63) is 12.7 Å². The maximum atomic E-state index is 5.97. The van der Waals surface area contributed by atoms with Crippen LogP contribution in [0, 0.1) is 5.92 Å². The van der Waals surface area contributed by atoms with Gasteiger partial charge in [-0.3, -0.25) is 0 Å². The molecular weight excluding hydrogens is 172 g/mol. The minimum Gasteiger partial charge on any atom is -0.326 e. The smallest absolute Gasteiger partial charge is 0.0206 e. The van der Waals surface area contributed by atoms with Crippen molar-refractivity contribution in [1.29, 1.82) is 0 Å². The third-order valence-electron chi connectivity index (χ3n) is 3.13. The van der Waals surface area contributed by atoms with Crippen LogP contribution in [0.3, 0.4) is 0 Å². The molecule has 2 N–H and O–H groups in total. The molecule has 2 nitrogen and oxygen atoms in total. The van der Waals surface area contributed by atoms with Gasteiger partial charge in [-0.2, -0.15) is 0 Å². The molecule has 0 saturated carbocycles. The van der Waals surface area contributed by atoms with Crippen LogP contribution in [0.15, 0.2) is 12.7 Å². The van der Waals surface area contributed by atoms with E-state index in [1.807, 2.05) is 6.08 Å². The van der Waals surface area contributed by atoms with Gasteiger partial charge in [-0.1, -0.05) is 19.4 Å². The Kier molecular flexibility index (Phi) is 5.20. The molecule has 1 fully saturated rings. The third kappa shape index (κ3) is 3.81. The first-order chi connectivity index (χ1) is 6.74. The SMILES string of the molecule is C=CCCCCCN1CC(C)C(N)C1. The van der Waals surface area contributed by atoms with Gasteiger partial charge in [0.05, 0.1) is 0 Å². The average molecular weight is 196 g/mol. The molecule has 14 heavy (non-hydrogen) atoms. The van der Waals surface area contributed by atoms with Gasteiger partial charge in [0.25, 0.3) is 0 Å². The highest BCUT2D eigenvalue weighted by Crippen LogP contribution is 2.15. The molecule has 1 rings (SSSR count). The van der Waals surface area contributed by atoms with E-state index in [2.05, 4.69) is 18.4 Å². The summed E-state index contributed by atoms with van der Waals surface area (Å²) in [5.74, 6) is 0.683. The fourth-order valence-corrected chi connectivity index (χ4v) is 2.08. The molecule has 1 heterocycles. The number of allylic oxidation sites excluding steroid dienone is 1. The standard InChI is InChI=1S/C12H24N2/c1-3-4-5-6-7-8-14-9-11(2)12(13)10-14/h3,11-12H,1,4-10,13H2,2H3. The molecule has 82 valence electrons. The normalized spacial score (nSPS) is 28.1. The lowest BCUT2D eigenvalue weighted by Gasteiger charge is -2.14. The van der Waals surface area contributed by atoms with Gasteiger partial charge in [-0.25, -0.2) is 0 Å². The highest BCUT2D eigenvalue weighted by atomic mass is 15.2. The molecule has 0 spiro atoms. The van der Waals surface area contributed by atoms with Gasteiger partial charge >= 0.3 is 0 Å². The molecule has 0 aliphatic carbocycles. The summed E-state index contributed by atoms with van der Waals surface area (Å²) in [5.41, 5.74) is 5.97. The second kappa shape index (κ2) is 6.20.